The zero-order chi connectivity index (χ0) is 14.9. The summed E-state index contributed by atoms with van der Waals surface area (Å²) in [4.78, 5) is 14.6. The van der Waals surface area contributed by atoms with Crippen LogP contribution in [0.2, 0.25) is 0 Å². The summed E-state index contributed by atoms with van der Waals surface area (Å²) in [5.41, 5.74) is 2.49. The van der Waals surface area contributed by atoms with Crippen LogP contribution in [0, 0.1) is 25.2 Å². The van der Waals surface area contributed by atoms with E-state index in [1.807, 2.05) is 13.0 Å². The number of rotatable bonds is 2. The lowest BCUT2D eigenvalue weighted by molar-refractivity contribution is 0.373. The monoisotopic (exact) mass is 270 g/mol. The van der Waals surface area contributed by atoms with Crippen LogP contribution in [-0.2, 0) is 0 Å². The first-order chi connectivity index (χ1) is 9.49. The largest absolute Gasteiger partial charge is 0.504 e. The van der Waals surface area contributed by atoms with Crippen molar-refractivity contribution in [3.8, 4) is 28.8 Å². The van der Waals surface area contributed by atoms with E-state index < -0.39 is 5.56 Å². The zero-order valence-corrected chi connectivity index (χ0v) is 11.4. The van der Waals surface area contributed by atoms with Crippen molar-refractivity contribution < 1.29 is 9.84 Å². The molecule has 1 heterocycles. The molecule has 0 amide bonds. The predicted molar refractivity (Wildman–Crippen MR) is 74.9 cm³/mol. The van der Waals surface area contributed by atoms with Gasteiger partial charge in [-0.1, -0.05) is 0 Å². The molecule has 0 aliphatic rings. The van der Waals surface area contributed by atoms with E-state index in [1.165, 1.54) is 13.2 Å². The van der Waals surface area contributed by atoms with Crippen molar-refractivity contribution >= 4 is 0 Å². The molecule has 20 heavy (non-hydrogen) atoms. The fourth-order valence-corrected chi connectivity index (χ4v) is 2.07. The second kappa shape index (κ2) is 5.10. The Bertz CT molecular complexity index is 770. The maximum absolute atomic E-state index is 11.9. The van der Waals surface area contributed by atoms with Gasteiger partial charge in [0.25, 0.3) is 5.56 Å². The lowest BCUT2D eigenvalue weighted by Crippen LogP contribution is -2.15. The summed E-state index contributed by atoms with van der Waals surface area (Å²) >= 11 is 0. The Labute approximate surface area is 116 Å². The molecule has 0 aliphatic carbocycles. The standard InChI is InChI=1S/C15H14N2O3/c1-8-9(2)14(17-15(19)11(8)7-16)10-4-5-12(18)13(6-10)20-3/h4-6,18H,1-3H3,(H,17,19). The lowest BCUT2D eigenvalue weighted by atomic mass is 9.99. The van der Waals surface area contributed by atoms with Gasteiger partial charge in [0, 0.05) is 5.56 Å². The quantitative estimate of drug-likeness (QED) is 0.876. The second-order valence-electron chi connectivity index (χ2n) is 4.45. The van der Waals surface area contributed by atoms with E-state index in [1.54, 1.807) is 19.1 Å². The molecule has 0 spiro atoms. The molecular formula is C15H14N2O3. The summed E-state index contributed by atoms with van der Waals surface area (Å²) in [5, 5.41) is 18.6. The van der Waals surface area contributed by atoms with Crippen molar-refractivity contribution in [1.82, 2.24) is 4.98 Å². The average molecular weight is 270 g/mol. The van der Waals surface area contributed by atoms with Crippen LogP contribution in [-0.4, -0.2) is 17.2 Å². The van der Waals surface area contributed by atoms with Gasteiger partial charge in [-0.2, -0.15) is 5.26 Å². The number of hydrogen-bond acceptors (Lipinski definition) is 4. The number of nitriles is 1. The van der Waals surface area contributed by atoms with E-state index in [9.17, 15) is 9.90 Å². The van der Waals surface area contributed by atoms with Gasteiger partial charge in [0.2, 0.25) is 0 Å². The second-order valence-corrected chi connectivity index (χ2v) is 4.45. The van der Waals surface area contributed by atoms with E-state index in [0.29, 0.717) is 22.6 Å². The smallest absolute Gasteiger partial charge is 0.266 e. The molecule has 0 saturated carbocycles. The fraction of sp³-hybridized carbons (Fsp3) is 0.200. The Morgan fingerprint density at radius 3 is 2.60 bits per heavy atom. The summed E-state index contributed by atoms with van der Waals surface area (Å²) in [6.45, 7) is 3.57. The van der Waals surface area contributed by atoms with Crippen LogP contribution in [0.1, 0.15) is 16.7 Å². The van der Waals surface area contributed by atoms with Gasteiger partial charge in [-0.15, -0.1) is 0 Å². The third-order valence-corrected chi connectivity index (χ3v) is 3.36. The molecule has 2 N–H and O–H groups in total. The third-order valence-electron chi connectivity index (χ3n) is 3.36. The summed E-state index contributed by atoms with van der Waals surface area (Å²) in [7, 11) is 1.46. The van der Waals surface area contributed by atoms with Gasteiger partial charge in [0.05, 0.1) is 12.8 Å². The van der Waals surface area contributed by atoms with Gasteiger partial charge in [-0.05, 0) is 43.2 Å². The summed E-state index contributed by atoms with van der Waals surface area (Å²) < 4.78 is 5.06. The van der Waals surface area contributed by atoms with E-state index in [2.05, 4.69) is 4.98 Å². The lowest BCUT2D eigenvalue weighted by Gasteiger charge is -2.11. The Morgan fingerprint density at radius 2 is 2.00 bits per heavy atom. The van der Waals surface area contributed by atoms with Gasteiger partial charge in [-0.3, -0.25) is 4.79 Å². The molecule has 0 radical (unpaired) electrons. The first-order valence-corrected chi connectivity index (χ1v) is 6.00. The molecule has 2 aromatic rings. The van der Waals surface area contributed by atoms with Crippen molar-refractivity contribution in [2.45, 2.75) is 13.8 Å². The van der Waals surface area contributed by atoms with Crippen molar-refractivity contribution in [3.63, 3.8) is 0 Å². The van der Waals surface area contributed by atoms with Crippen molar-refractivity contribution in [2.75, 3.05) is 7.11 Å². The number of phenolic OH excluding ortho intramolecular Hbond substituents is 1. The van der Waals surface area contributed by atoms with E-state index in [0.717, 1.165) is 5.56 Å². The van der Waals surface area contributed by atoms with Gasteiger partial charge < -0.3 is 14.8 Å². The topological polar surface area (TPSA) is 86.1 Å². The number of H-pyrrole nitrogens is 1. The number of ether oxygens (including phenoxy) is 1. The number of hydrogen-bond donors (Lipinski definition) is 2. The van der Waals surface area contributed by atoms with Crippen LogP contribution in [0.4, 0.5) is 0 Å². The Morgan fingerprint density at radius 1 is 1.30 bits per heavy atom. The maximum Gasteiger partial charge on any atom is 0.266 e. The number of nitrogens with zero attached hydrogens (tertiary/aromatic N) is 1. The van der Waals surface area contributed by atoms with Crippen LogP contribution in [0.3, 0.4) is 0 Å². The molecule has 2 rings (SSSR count). The first kappa shape index (κ1) is 13.7. The Hall–Kier alpha value is -2.74. The minimum Gasteiger partial charge on any atom is -0.504 e. The Kier molecular flexibility index (Phi) is 3.49. The molecule has 1 aromatic carbocycles. The fourth-order valence-electron chi connectivity index (χ4n) is 2.07. The van der Waals surface area contributed by atoms with Crippen LogP contribution < -0.4 is 10.3 Å². The highest BCUT2D eigenvalue weighted by Gasteiger charge is 2.13. The van der Waals surface area contributed by atoms with Gasteiger partial charge in [0.1, 0.15) is 11.6 Å². The molecule has 0 fully saturated rings. The summed E-state index contributed by atoms with van der Waals surface area (Å²) in [5.74, 6) is 0.353. The molecule has 0 atom stereocenters. The van der Waals surface area contributed by atoms with Crippen molar-refractivity contribution in [3.05, 3.63) is 45.2 Å². The molecule has 0 bridgehead atoms. The third kappa shape index (κ3) is 2.12. The van der Waals surface area contributed by atoms with Crippen molar-refractivity contribution in [1.29, 1.82) is 5.26 Å². The molecule has 5 heteroatoms. The molecule has 0 aliphatic heterocycles. The summed E-state index contributed by atoms with van der Waals surface area (Å²) in [6.07, 6.45) is 0. The molecule has 0 saturated heterocycles. The molecule has 5 nitrogen and oxygen atoms in total. The predicted octanol–water partition coefficient (Wildman–Crippen LogP) is 2.24. The number of aromatic amines is 1. The minimum atomic E-state index is -0.419. The Balaban J connectivity index is 2.72. The number of phenols is 1. The minimum absolute atomic E-state index is 0.0293. The van der Waals surface area contributed by atoms with Crippen LogP contribution in [0.15, 0.2) is 23.0 Å². The first-order valence-electron chi connectivity index (χ1n) is 6.00. The zero-order valence-electron chi connectivity index (χ0n) is 11.4. The van der Waals surface area contributed by atoms with Crippen LogP contribution in [0.5, 0.6) is 11.5 Å². The molecule has 102 valence electrons. The highest BCUT2D eigenvalue weighted by Crippen LogP contribution is 2.32. The number of aromatic hydroxyl groups is 1. The number of aromatic nitrogens is 1. The average Bonchev–Trinajstić information content (AvgIpc) is 2.44. The molecule has 1 aromatic heterocycles. The number of benzene rings is 1. The number of pyridine rings is 1. The van der Waals surface area contributed by atoms with Crippen LogP contribution >= 0.6 is 0 Å². The van der Waals surface area contributed by atoms with E-state index in [-0.39, 0.29) is 11.3 Å². The molecular weight excluding hydrogens is 256 g/mol. The normalized spacial score (nSPS) is 10.1. The number of nitrogens with one attached hydrogen (secondary N) is 1. The maximum atomic E-state index is 11.9. The highest BCUT2D eigenvalue weighted by molar-refractivity contribution is 5.68. The van der Waals surface area contributed by atoms with Crippen LogP contribution in [0.25, 0.3) is 11.3 Å². The van der Waals surface area contributed by atoms with E-state index in [4.69, 9.17) is 10.00 Å². The van der Waals surface area contributed by atoms with Gasteiger partial charge >= 0.3 is 0 Å². The summed E-state index contributed by atoms with van der Waals surface area (Å²) in [6, 6.07) is 6.73. The van der Waals surface area contributed by atoms with Crippen molar-refractivity contribution in [2.24, 2.45) is 0 Å². The van der Waals surface area contributed by atoms with Gasteiger partial charge in [0.15, 0.2) is 11.5 Å². The molecule has 0 unspecified atom stereocenters. The number of methoxy groups -OCH3 is 1. The highest BCUT2D eigenvalue weighted by atomic mass is 16.5. The SMILES string of the molecule is COc1cc(-c2[nH]c(=O)c(C#N)c(C)c2C)ccc1O. The van der Waals surface area contributed by atoms with Gasteiger partial charge in [-0.25, -0.2) is 0 Å². The van der Waals surface area contributed by atoms with E-state index >= 15 is 0 Å².